The highest BCUT2D eigenvalue weighted by atomic mass is 35.5. The summed E-state index contributed by atoms with van der Waals surface area (Å²) in [5.41, 5.74) is 2.15. The average molecular weight is 414 g/mol. The number of nitrogens with zero attached hydrogens (tertiary/aromatic N) is 1. The number of methoxy groups -OCH3 is 1. The molecule has 0 amide bonds. The zero-order chi connectivity index (χ0) is 19.4. The van der Waals surface area contributed by atoms with E-state index in [0.29, 0.717) is 0 Å². The van der Waals surface area contributed by atoms with E-state index in [9.17, 15) is 13.2 Å². The van der Waals surface area contributed by atoms with Crippen LogP contribution in [0.4, 0.5) is 13.2 Å². The molecular weight excluding hydrogens is 387 g/mol. The lowest BCUT2D eigenvalue weighted by Crippen LogP contribution is -2.32. The van der Waals surface area contributed by atoms with Gasteiger partial charge in [0, 0.05) is 6.54 Å². The van der Waals surface area contributed by atoms with E-state index < -0.39 is 11.7 Å². The summed E-state index contributed by atoms with van der Waals surface area (Å²) in [6, 6.07) is 11.2. The maximum absolute atomic E-state index is 12.8. The second kappa shape index (κ2) is 9.66. The molecule has 28 heavy (non-hydrogen) atoms. The number of ether oxygens (including phenoxy) is 1. The number of hydrogen-bond donors (Lipinski definition) is 0. The fourth-order valence-electron chi connectivity index (χ4n) is 3.78. The number of rotatable bonds is 5. The number of alkyl halides is 3. The topological polar surface area (TPSA) is 12.5 Å². The van der Waals surface area contributed by atoms with Crippen LogP contribution in [-0.4, -0.2) is 31.6 Å². The third kappa shape index (κ3) is 5.42. The van der Waals surface area contributed by atoms with Crippen molar-refractivity contribution in [1.29, 1.82) is 0 Å². The third-order valence-electron chi connectivity index (χ3n) is 5.29. The summed E-state index contributed by atoms with van der Waals surface area (Å²) >= 11 is 0. The molecule has 0 bridgehead atoms. The number of hydrogen-bond acceptors (Lipinski definition) is 2. The molecular formula is C22H27ClF3NO. The van der Waals surface area contributed by atoms with Gasteiger partial charge >= 0.3 is 6.18 Å². The molecule has 0 spiro atoms. The van der Waals surface area contributed by atoms with Crippen LogP contribution in [0.1, 0.15) is 43.2 Å². The molecule has 3 rings (SSSR count). The van der Waals surface area contributed by atoms with Crippen molar-refractivity contribution in [2.24, 2.45) is 0 Å². The Morgan fingerprint density at radius 1 is 0.964 bits per heavy atom. The van der Waals surface area contributed by atoms with Gasteiger partial charge in [-0.2, -0.15) is 13.2 Å². The number of likely N-dealkylation sites (tertiary alicyclic amines) is 1. The van der Waals surface area contributed by atoms with Crippen molar-refractivity contribution in [3.8, 4) is 16.9 Å². The Labute approximate surface area is 171 Å². The van der Waals surface area contributed by atoms with Crippen LogP contribution in [0.5, 0.6) is 5.75 Å². The highest BCUT2D eigenvalue weighted by Crippen LogP contribution is 2.34. The molecule has 2 aromatic rings. The molecule has 1 unspecified atom stereocenters. The predicted molar refractivity (Wildman–Crippen MR) is 109 cm³/mol. The van der Waals surface area contributed by atoms with Crippen LogP contribution in [0.15, 0.2) is 42.5 Å². The summed E-state index contributed by atoms with van der Waals surface area (Å²) in [6.07, 6.45) is -0.519. The molecule has 0 saturated carbocycles. The first-order chi connectivity index (χ1) is 12.9. The van der Waals surface area contributed by atoms with Crippen molar-refractivity contribution in [1.82, 2.24) is 4.90 Å². The summed E-state index contributed by atoms with van der Waals surface area (Å²) < 4.78 is 43.9. The molecule has 0 N–H and O–H groups in total. The monoisotopic (exact) mass is 413 g/mol. The minimum absolute atomic E-state index is 0. The first-order valence-corrected chi connectivity index (χ1v) is 9.46. The molecule has 1 aliphatic rings. The first-order valence-electron chi connectivity index (χ1n) is 9.46. The Kier molecular flexibility index (Phi) is 7.79. The number of halogens is 4. The summed E-state index contributed by atoms with van der Waals surface area (Å²) in [7, 11) is 1.66. The second-order valence-electron chi connectivity index (χ2n) is 7.29. The molecule has 1 atom stereocenters. The molecule has 1 heterocycles. The fourth-order valence-corrected chi connectivity index (χ4v) is 3.78. The van der Waals surface area contributed by atoms with Crippen molar-refractivity contribution in [2.45, 2.75) is 38.3 Å². The third-order valence-corrected chi connectivity index (χ3v) is 5.29. The minimum atomic E-state index is -4.31. The molecule has 2 aromatic carbocycles. The van der Waals surface area contributed by atoms with Crippen LogP contribution in [-0.2, 0) is 6.18 Å². The van der Waals surface area contributed by atoms with Crippen molar-refractivity contribution in [2.75, 3.05) is 26.7 Å². The van der Waals surface area contributed by atoms with Gasteiger partial charge in [0.15, 0.2) is 0 Å². The van der Waals surface area contributed by atoms with Crippen molar-refractivity contribution in [3.63, 3.8) is 0 Å². The highest BCUT2D eigenvalue weighted by molar-refractivity contribution is 5.85. The van der Waals surface area contributed by atoms with E-state index in [-0.39, 0.29) is 18.3 Å². The van der Waals surface area contributed by atoms with Crippen molar-refractivity contribution >= 4 is 12.4 Å². The van der Waals surface area contributed by atoms with Crippen LogP contribution >= 0.6 is 12.4 Å². The largest absolute Gasteiger partial charge is 0.496 e. The number of benzene rings is 2. The summed E-state index contributed by atoms with van der Waals surface area (Å²) in [5.74, 6) is 1.11. The van der Waals surface area contributed by atoms with Crippen molar-refractivity contribution < 1.29 is 17.9 Å². The van der Waals surface area contributed by atoms with Crippen LogP contribution < -0.4 is 4.74 Å². The van der Waals surface area contributed by atoms with E-state index in [1.54, 1.807) is 7.11 Å². The predicted octanol–water partition coefficient (Wildman–Crippen LogP) is 6.39. The zero-order valence-electron chi connectivity index (χ0n) is 16.3. The van der Waals surface area contributed by atoms with Gasteiger partial charge in [-0.1, -0.05) is 31.5 Å². The van der Waals surface area contributed by atoms with Crippen LogP contribution in [0.25, 0.3) is 11.1 Å². The molecule has 154 valence electrons. The van der Waals surface area contributed by atoms with Gasteiger partial charge in [-0.3, -0.25) is 0 Å². The minimum Gasteiger partial charge on any atom is -0.496 e. The molecule has 2 nitrogen and oxygen atoms in total. The molecule has 1 fully saturated rings. The van der Waals surface area contributed by atoms with E-state index in [4.69, 9.17) is 4.74 Å². The van der Waals surface area contributed by atoms with Gasteiger partial charge in [0.1, 0.15) is 5.75 Å². The Morgan fingerprint density at radius 3 is 2.14 bits per heavy atom. The maximum atomic E-state index is 12.8. The SMILES string of the molecule is COc1ccc(-c2ccc(C(F)(F)F)cc2)cc1C(C)CN1CCCCC1.Cl. The summed E-state index contributed by atoms with van der Waals surface area (Å²) in [4.78, 5) is 2.48. The lowest BCUT2D eigenvalue weighted by molar-refractivity contribution is -0.137. The van der Waals surface area contributed by atoms with Gasteiger partial charge in [-0.15, -0.1) is 12.4 Å². The van der Waals surface area contributed by atoms with Crippen LogP contribution in [0.2, 0.25) is 0 Å². The Balaban J connectivity index is 0.00000280. The van der Waals surface area contributed by atoms with E-state index >= 15 is 0 Å². The molecule has 0 radical (unpaired) electrons. The van der Waals surface area contributed by atoms with Gasteiger partial charge in [0.25, 0.3) is 0 Å². The fraction of sp³-hybridized carbons (Fsp3) is 0.455. The molecule has 1 aliphatic heterocycles. The van der Waals surface area contributed by atoms with E-state index in [0.717, 1.165) is 54.2 Å². The quantitative estimate of drug-likeness (QED) is 0.563. The molecule has 1 saturated heterocycles. The summed E-state index contributed by atoms with van der Waals surface area (Å²) in [5, 5.41) is 0. The Hall–Kier alpha value is -1.72. The van der Waals surface area contributed by atoms with E-state index in [1.807, 2.05) is 12.1 Å². The maximum Gasteiger partial charge on any atom is 0.416 e. The Morgan fingerprint density at radius 2 is 1.57 bits per heavy atom. The average Bonchev–Trinajstić information content (AvgIpc) is 2.67. The standard InChI is InChI=1S/C22H26F3NO.ClH/c1-16(15-26-12-4-3-5-13-26)20-14-18(8-11-21(20)27-2)17-6-9-19(10-7-17)22(23,24)25;/h6-11,14,16H,3-5,12-13,15H2,1-2H3;1H. The van der Waals surface area contributed by atoms with Crippen LogP contribution in [0.3, 0.4) is 0 Å². The summed E-state index contributed by atoms with van der Waals surface area (Å²) in [6.45, 7) is 5.41. The Bertz CT molecular complexity index is 755. The lowest BCUT2D eigenvalue weighted by atomic mass is 9.94. The smallest absolute Gasteiger partial charge is 0.416 e. The molecule has 0 aromatic heterocycles. The highest BCUT2D eigenvalue weighted by Gasteiger charge is 2.30. The van der Waals surface area contributed by atoms with Gasteiger partial charge in [0.05, 0.1) is 12.7 Å². The normalized spacial score (nSPS) is 16.3. The van der Waals surface area contributed by atoms with Crippen LogP contribution in [0, 0.1) is 0 Å². The van der Waals surface area contributed by atoms with E-state index in [2.05, 4.69) is 17.9 Å². The van der Waals surface area contributed by atoms with Gasteiger partial charge < -0.3 is 9.64 Å². The first kappa shape index (κ1) is 22.6. The lowest BCUT2D eigenvalue weighted by Gasteiger charge is -2.29. The van der Waals surface area contributed by atoms with E-state index in [1.165, 1.54) is 31.4 Å². The molecule has 0 aliphatic carbocycles. The van der Waals surface area contributed by atoms with Gasteiger partial charge in [-0.25, -0.2) is 0 Å². The van der Waals surface area contributed by atoms with Gasteiger partial charge in [-0.05, 0) is 72.8 Å². The number of piperidine rings is 1. The zero-order valence-corrected chi connectivity index (χ0v) is 17.1. The van der Waals surface area contributed by atoms with Gasteiger partial charge in [0.2, 0.25) is 0 Å². The van der Waals surface area contributed by atoms with Crippen molar-refractivity contribution in [3.05, 3.63) is 53.6 Å². The molecule has 6 heteroatoms. The second-order valence-corrected chi connectivity index (χ2v) is 7.29.